The van der Waals surface area contributed by atoms with Crippen LogP contribution in [0.1, 0.15) is 17.9 Å². The second-order valence-corrected chi connectivity index (χ2v) is 4.70. The van der Waals surface area contributed by atoms with Crippen molar-refractivity contribution in [3.63, 3.8) is 0 Å². The maximum Gasteiger partial charge on any atom is 0.307 e. The summed E-state index contributed by atoms with van der Waals surface area (Å²) in [6.07, 6.45) is 0.558. The summed E-state index contributed by atoms with van der Waals surface area (Å²) in [4.78, 5) is 20.9. The number of carboxylic acid groups (broad SMARTS) is 1. The lowest BCUT2D eigenvalue weighted by atomic mass is 10.1. The number of hydrogen-bond donors (Lipinski definition) is 1. The van der Waals surface area contributed by atoms with Gasteiger partial charge in [0, 0.05) is 16.6 Å². The highest BCUT2D eigenvalue weighted by atomic mass is 79.9. The van der Waals surface area contributed by atoms with Crippen LogP contribution in [-0.2, 0) is 4.79 Å². The first-order chi connectivity index (χ1) is 7.49. The quantitative estimate of drug-likeness (QED) is 0.684. The summed E-state index contributed by atoms with van der Waals surface area (Å²) >= 11 is 3.18. The molecule has 1 N–H and O–H groups in total. The number of benzene rings is 1. The van der Waals surface area contributed by atoms with Crippen LogP contribution < -0.4 is 0 Å². The van der Waals surface area contributed by atoms with E-state index in [1.54, 1.807) is 6.07 Å². The predicted molar refractivity (Wildman–Crippen MR) is 59.3 cm³/mol. The van der Waals surface area contributed by atoms with E-state index in [2.05, 4.69) is 15.9 Å². The zero-order valence-electron chi connectivity index (χ0n) is 8.09. The molecule has 1 aliphatic carbocycles. The van der Waals surface area contributed by atoms with Crippen molar-refractivity contribution in [2.75, 3.05) is 0 Å². The smallest absolute Gasteiger partial charge is 0.307 e. The third-order valence-electron chi connectivity index (χ3n) is 2.65. The summed E-state index contributed by atoms with van der Waals surface area (Å²) in [5, 5.41) is 19.4. The monoisotopic (exact) mass is 285 g/mol. The zero-order valence-corrected chi connectivity index (χ0v) is 9.68. The van der Waals surface area contributed by atoms with E-state index in [1.807, 2.05) is 0 Å². The SMILES string of the molecule is O=C(O)[C@@H]1C[C@H]1c1cc(Br)cc([N+](=O)[O-])c1. The molecule has 2 atom stereocenters. The second kappa shape index (κ2) is 3.86. The van der Waals surface area contributed by atoms with Gasteiger partial charge in [-0.15, -0.1) is 0 Å². The average molecular weight is 286 g/mol. The van der Waals surface area contributed by atoms with Gasteiger partial charge in [0.25, 0.3) is 5.69 Å². The molecule has 2 rings (SSSR count). The summed E-state index contributed by atoms with van der Waals surface area (Å²) in [6, 6.07) is 4.58. The maximum absolute atomic E-state index is 10.7. The van der Waals surface area contributed by atoms with E-state index in [1.165, 1.54) is 12.1 Å². The standard InChI is InChI=1S/C10H8BrNO4/c11-6-1-5(2-7(3-6)12(15)16)8-4-9(8)10(13)14/h1-3,8-9H,4H2,(H,13,14)/t8-,9+/m0/s1. The molecule has 0 aliphatic heterocycles. The highest BCUT2D eigenvalue weighted by Gasteiger charge is 2.44. The summed E-state index contributed by atoms with van der Waals surface area (Å²) in [5.74, 6) is -1.32. The normalized spacial score (nSPS) is 22.8. The zero-order chi connectivity index (χ0) is 11.9. The Morgan fingerprint density at radius 2 is 2.19 bits per heavy atom. The molecule has 0 amide bonds. The molecule has 6 heteroatoms. The van der Waals surface area contributed by atoms with Gasteiger partial charge < -0.3 is 5.11 Å². The van der Waals surface area contributed by atoms with Crippen LogP contribution in [0.4, 0.5) is 5.69 Å². The van der Waals surface area contributed by atoms with Gasteiger partial charge in [-0.2, -0.15) is 0 Å². The van der Waals surface area contributed by atoms with Crippen LogP contribution in [0.5, 0.6) is 0 Å². The third-order valence-corrected chi connectivity index (χ3v) is 3.11. The Balaban J connectivity index is 2.29. The van der Waals surface area contributed by atoms with Gasteiger partial charge >= 0.3 is 5.97 Å². The minimum atomic E-state index is -0.840. The van der Waals surface area contributed by atoms with Crippen LogP contribution in [0.25, 0.3) is 0 Å². The molecule has 0 heterocycles. The molecule has 5 nitrogen and oxygen atoms in total. The molecule has 1 aliphatic rings. The van der Waals surface area contributed by atoms with Gasteiger partial charge in [-0.25, -0.2) is 0 Å². The Bertz CT molecular complexity index is 474. The Kier molecular flexibility index (Phi) is 2.67. The largest absolute Gasteiger partial charge is 0.481 e. The molecule has 1 aromatic rings. The number of halogens is 1. The van der Waals surface area contributed by atoms with Crippen molar-refractivity contribution in [2.24, 2.45) is 5.92 Å². The molecule has 0 saturated heterocycles. The van der Waals surface area contributed by atoms with Crippen molar-refractivity contribution in [1.29, 1.82) is 0 Å². The van der Waals surface area contributed by atoms with Gasteiger partial charge in [-0.1, -0.05) is 15.9 Å². The van der Waals surface area contributed by atoms with Crippen LogP contribution >= 0.6 is 15.9 Å². The fraction of sp³-hybridized carbons (Fsp3) is 0.300. The van der Waals surface area contributed by atoms with Crippen molar-refractivity contribution in [3.05, 3.63) is 38.3 Å². The lowest BCUT2D eigenvalue weighted by Crippen LogP contribution is -1.99. The number of nitro groups is 1. The second-order valence-electron chi connectivity index (χ2n) is 3.79. The molecule has 1 aromatic carbocycles. The predicted octanol–water partition coefficient (Wildman–Crippen LogP) is 2.55. The lowest BCUT2D eigenvalue weighted by molar-refractivity contribution is -0.385. The number of non-ortho nitro benzene ring substituents is 1. The molecule has 0 unspecified atom stereocenters. The number of nitrogens with zero attached hydrogens (tertiary/aromatic N) is 1. The van der Waals surface area contributed by atoms with E-state index >= 15 is 0 Å². The van der Waals surface area contributed by atoms with E-state index in [-0.39, 0.29) is 11.6 Å². The van der Waals surface area contributed by atoms with Gasteiger partial charge in [0.1, 0.15) is 0 Å². The molecular weight excluding hydrogens is 278 g/mol. The maximum atomic E-state index is 10.7. The van der Waals surface area contributed by atoms with E-state index in [0.717, 1.165) is 0 Å². The first kappa shape index (κ1) is 11.1. The van der Waals surface area contributed by atoms with Gasteiger partial charge in [0.05, 0.1) is 10.8 Å². The number of carbonyl (C=O) groups is 1. The van der Waals surface area contributed by atoms with Crippen LogP contribution in [0, 0.1) is 16.0 Å². The molecule has 1 fully saturated rings. The molecule has 84 valence electrons. The van der Waals surface area contributed by atoms with Crippen molar-refractivity contribution in [2.45, 2.75) is 12.3 Å². The number of nitro benzene ring substituents is 1. The van der Waals surface area contributed by atoms with Crippen molar-refractivity contribution >= 4 is 27.6 Å². The van der Waals surface area contributed by atoms with E-state index < -0.39 is 16.8 Å². The van der Waals surface area contributed by atoms with Crippen molar-refractivity contribution in [3.8, 4) is 0 Å². The summed E-state index contributed by atoms with van der Waals surface area (Å²) in [5.41, 5.74) is 0.703. The number of carboxylic acids is 1. The Morgan fingerprint density at radius 1 is 1.50 bits per heavy atom. The first-order valence-electron chi connectivity index (χ1n) is 4.66. The summed E-state index contributed by atoms with van der Waals surface area (Å²) in [6.45, 7) is 0. The van der Waals surface area contributed by atoms with Gasteiger partial charge in [-0.05, 0) is 24.0 Å². The molecule has 0 aromatic heterocycles. The average Bonchev–Trinajstić information content (AvgIpc) is 2.95. The minimum Gasteiger partial charge on any atom is -0.481 e. The van der Waals surface area contributed by atoms with Crippen LogP contribution in [-0.4, -0.2) is 16.0 Å². The Morgan fingerprint density at radius 3 is 2.69 bits per heavy atom. The van der Waals surface area contributed by atoms with Gasteiger partial charge in [0.15, 0.2) is 0 Å². The fourth-order valence-electron chi connectivity index (χ4n) is 1.75. The molecule has 16 heavy (non-hydrogen) atoms. The summed E-state index contributed by atoms with van der Waals surface area (Å²) in [7, 11) is 0. The molecule has 1 saturated carbocycles. The number of aliphatic carboxylic acids is 1. The van der Waals surface area contributed by atoms with Crippen LogP contribution in [0.2, 0.25) is 0 Å². The highest BCUT2D eigenvalue weighted by molar-refractivity contribution is 9.10. The summed E-state index contributed by atoms with van der Waals surface area (Å²) < 4.78 is 0.604. The van der Waals surface area contributed by atoms with Crippen LogP contribution in [0.3, 0.4) is 0 Å². The van der Waals surface area contributed by atoms with Crippen LogP contribution in [0.15, 0.2) is 22.7 Å². The molecular formula is C10H8BrNO4. The van der Waals surface area contributed by atoms with Crippen molar-refractivity contribution < 1.29 is 14.8 Å². The number of hydrogen-bond acceptors (Lipinski definition) is 3. The molecule has 0 radical (unpaired) electrons. The topological polar surface area (TPSA) is 80.4 Å². The number of rotatable bonds is 3. The lowest BCUT2D eigenvalue weighted by Gasteiger charge is -2.00. The van der Waals surface area contributed by atoms with Crippen molar-refractivity contribution in [1.82, 2.24) is 0 Å². The van der Waals surface area contributed by atoms with E-state index in [4.69, 9.17) is 5.11 Å². The van der Waals surface area contributed by atoms with Gasteiger partial charge in [0.2, 0.25) is 0 Å². The first-order valence-corrected chi connectivity index (χ1v) is 5.46. The van der Waals surface area contributed by atoms with E-state index in [0.29, 0.717) is 16.5 Å². The van der Waals surface area contributed by atoms with E-state index in [9.17, 15) is 14.9 Å². The fourth-order valence-corrected chi connectivity index (χ4v) is 2.25. The Labute approximate surface area is 99.4 Å². The minimum absolute atomic E-state index is 0.0135. The molecule has 0 bridgehead atoms. The highest BCUT2D eigenvalue weighted by Crippen LogP contribution is 2.48. The van der Waals surface area contributed by atoms with Gasteiger partial charge in [-0.3, -0.25) is 14.9 Å². The Hall–Kier alpha value is -1.43. The third kappa shape index (κ3) is 2.06. The molecule has 0 spiro atoms.